The molecule has 0 unspecified atom stereocenters. The Balaban J connectivity index is 2.12. The van der Waals surface area contributed by atoms with Crippen LogP contribution in [-0.4, -0.2) is 0 Å². The van der Waals surface area contributed by atoms with Crippen LogP contribution in [0.3, 0.4) is 0 Å². The zero-order valence-corrected chi connectivity index (χ0v) is 10.6. The van der Waals surface area contributed by atoms with Gasteiger partial charge in [0.2, 0.25) is 0 Å². The van der Waals surface area contributed by atoms with Crippen LogP contribution in [0.2, 0.25) is 0 Å². The molecule has 0 aromatic carbocycles. The first-order valence-corrected chi connectivity index (χ1v) is 6.88. The van der Waals surface area contributed by atoms with Gasteiger partial charge in [0.1, 0.15) is 0 Å². The van der Waals surface area contributed by atoms with Crippen molar-refractivity contribution in [1.29, 1.82) is 0 Å². The van der Waals surface area contributed by atoms with Gasteiger partial charge in [0, 0.05) is 0 Å². The molecular weight excluding hydrogens is 204 g/mol. The lowest BCUT2D eigenvalue weighted by Gasteiger charge is -2.08. The van der Waals surface area contributed by atoms with E-state index in [2.05, 4.69) is 48.6 Å². The molecule has 90 valence electrons. The second kappa shape index (κ2) is 7.11. The fourth-order valence-corrected chi connectivity index (χ4v) is 2.41. The first kappa shape index (κ1) is 12.2. The van der Waals surface area contributed by atoms with Crippen LogP contribution in [0.15, 0.2) is 59.8 Å². The summed E-state index contributed by atoms with van der Waals surface area (Å²) in [6.45, 7) is 0. The molecule has 0 bridgehead atoms. The summed E-state index contributed by atoms with van der Waals surface area (Å²) in [7, 11) is 0. The lowest BCUT2D eigenvalue weighted by Crippen LogP contribution is -1.88. The predicted octanol–water partition coefficient (Wildman–Crippen LogP) is 5.27. The Morgan fingerprint density at radius 3 is 2.47 bits per heavy atom. The number of allylic oxidation sites excluding steroid dienone is 10. The minimum atomic E-state index is 1.24. The van der Waals surface area contributed by atoms with E-state index in [0.717, 1.165) is 0 Å². The van der Waals surface area contributed by atoms with Gasteiger partial charge in [-0.25, -0.2) is 0 Å². The molecule has 0 spiro atoms. The largest absolute Gasteiger partial charge is 0.0807 e. The predicted molar refractivity (Wildman–Crippen MR) is 75.9 cm³/mol. The van der Waals surface area contributed by atoms with Gasteiger partial charge in [0.15, 0.2) is 0 Å². The zero-order valence-electron chi connectivity index (χ0n) is 10.6. The molecule has 0 aromatic rings. The molecule has 0 fully saturated rings. The van der Waals surface area contributed by atoms with Gasteiger partial charge in [-0.1, -0.05) is 67.9 Å². The summed E-state index contributed by atoms with van der Waals surface area (Å²) in [5.74, 6) is 0. The standard InChI is InChI=1S/C17H22/c1-2-5-9-13-16(12-8-4-1)17-14-10-6-3-7-11-15-17/h3,6-7,10-12,14-15H,1-2,4-5,8-9,13H2/b6-3+,7-3?,10-6?,11-7-,14-10?,15-11?,16-12?,17-14?,17-15?. The third-order valence-corrected chi connectivity index (χ3v) is 3.41. The third kappa shape index (κ3) is 4.22. The molecular formula is C17H22. The van der Waals surface area contributed by atoms with Crippen molar-refractivity contribution in [2.45, 2.75) is 44.9 Å². The average Bonchev–Trinajstić information content (AvgIpc) is 2.42. The molecule has 0 aliphatic heterocycles. The van der Waals surface area contributed by atoms with Crippen LogP contribution >= 0.6 is 0 Å². The Bertz CT molecular complexity index is 375. The van der Waals surface area contributed by atoms with E-state index < -0.39 is 0 Å². The van der Waals surface area contributed by atoms with E-state index in [9.17, 15) is 0 Å². The Hall–Kier alpha value is -1.30. The van der Waals surface area contributed by atoms with E-state index in [1.165, 1.54) is 50.5 Å². The van der Waals surface area contributed by atoms with Gasteiger partial charge in [-0.15, -0.1) is 0 Å². The van der Waals surface area contributed by atoms with E-state index in [4.69, 9.17) is 0 Å². The molecule has 0 nitrogen and oxygen atoms in total. The van der Waals surface area contributed by atoms with Crippen LogP contribution in [0.25, 0.3) is 0 Å². The maximum absolute atomic E-state index is 2.46. The third-order valence-electron chi connectivity index (χ3n) is 3.41. The van der Waals surface area contributed by atoms with Gasteiger partial charge in [0.25, 0.3) is 0 Å². The molecule has 0 saturated carbocycles. The van der Waals surface area contributed by atoms with Crippen molar-refractivity contribution in [3.8, 4) is 0 Å². The fraction of sp³-hybridized carbons (Fsp3) is 0.412. The Morgan fingerprint density at radius 2 is 1.47 bits per heavy atom. The van der Waals surface area contributed by atoms with Gasteiger partial charge in [-0.2, -0.15) is 0 Å². The molecule has 0 radical (unpaired) electrons. The Morgan fingerprint density at radius 1 is 0.706 bits per heavy atom. The summed E-state index contributed by atoms with van der Waals surface area (Å²) in [5, 5.41) is 0. The highest BCUT2D eigenvalue weighted by Gasteiger charge is 2.04. The fourth-order valence-electron chi connectivity index (χ4n) is 2.41. The molecule has 0 atom stereocenters. The molecule has 2 aliphatic rings. The van der Waals surface area contributed by atoms with E-state index >= 15 is 0 Å². The van der Waals surface area contributed by atoms with Crippen LogP contribution in [0, 0.1) is 0 Å². The first-order valence-electron chi connectivity index (χ1n) is 6.88. The van der Waals surface area contributed by atoms with Gasteiger partial charge < -0.3 is 0 Å². The molecule has 0 N–H and O–H groups in total. The highest BCUT2D eigenvalue weighted by molar-refractivity contribution is 5.44. The lowest BCUT2D eigenvalue weighted by molar-refractivity contribution is 0.630. The van der Waals surface area contributed by atoms with E-state index in [1.807, 2.05) is 0 Å². The lowest BCUT2D eigenvalue weighted by atomic mass is 9.97. The minimum absolute atomic E-state index is 1.24. The summed E-state index contributed by atoms with van der Waals surface area (Å²) < 4.78 is 0. The summed E-state index contributed by atoms with van der Waals surface area (Å²) >= 11 is 0. The molecule has 2 aliphatic carbocycles. The maximum Gasteiger partial charge on any atom is -0.0228 e. The summed E-state index contributed by atoms with van der Waals surface area (Å²) in [6.07, 6.45) is 26.9. The van der Waals surface area contributed by atoms with Crippen molar-refractivity contribution < 1.29 is 0 Å². The monoisotopic (exact) mass is 226 g/mol. The Labute approximate surface area is 105 Å². The van der Waals surface area contributed by atoms with E-state index in [-0.39, 0.29) is 0 Å². The average molecular weight is 226 g/mol. The van der Waals surface area contributed by atoms with Crippen LogP contribution < -0.4 is 0 Å². The van der Waals surface area contributed by atoms with Crippen LogP contribution in [-0.2, 0) is 0 Å². The quantitative estimate of drug-likeness (QED) is 0.571. The van der Waals surface area contributed by atoms with Crippen molar-refractivity contribution in [1.82, 2.24) is 0 Å². The SMILES string of the molecule is C1=CC(C2=CCCCCCCC2)=C/C=C\C=C\1. The van der Waals surface area contributed by atoms with Gasteiger partial charge >= 0.3 is 0 Å². The van der Waals surface area contributed by atoms with Crippen LogP contribution in [0.4, 0.5) is 0 Å². The zero-order chi connectivity index (χ0) is 11.8. The second-order valence-corrected chi connectivity index (χ2v) is 4.79. The van der Waals surface area contributed by atoms with Crippen molar-refractivity contribution in [2.24, 2.45) is 0 Å². The van der Waals surface area contributed by atoms with E-state index in [0.29, 0.717) is 0 Å². The van der Waals surface area contributed by atoms with Crippen molar-refractivity contribution in [3.05, 3.63) is 59.8 Å². The molecule has 0 amide bonds. The summed E-state index contributed by atoms with van der Waals surface area (Å²) in [4.78, 5) is 0. The summed E-state index contributed by atoms with van der Waals surface area (Å²) in [6, 6.07) is 0. The van der Waals surface area contributed by atoms with Crippen molar-refractivity contribution in [3.63, 3.8) is 0 Å². The topological polar surface area (TPSA) is 0 Å². The van der Waals surface area contributed by atoms with Crippen LogP contribution in [0.5, 0.6) is 0 Å². The number of hydrogen-bond donors (Lipinski definition) is 0. The van der Waals surface area contributed by atoms with Crippen molar-refractivity contribution >= 4 is 0 Å². The van der Waals surface area contributed by atoms with Gasteiger partial charge in [-0.05, 0) is 36.8 Å². The molecule has 0 aromatic heterocycles. The Kier molecular flexibility index (Phi) is 5.09. The smallest absolute Gasteiger partial charge is 0.0228 e. The van der Waals surface area contributed by atoms with Crippen LogP contribution in [0.1, 0.15) is 44.9 Å². The highest BCUT2D eigenvalue weighted by Crippen LogP contribution is 2.23. The molecule has 0 saturated heterocycles. The van der Waals surface area contributed by atoms with E-state index in [1.54, 1.807) is 5.57 Å². The number of hydrogen-bond acceptors (Lipinski definition) is 0. The minimum Gasteiger partial charge on any atom is -0.0807 e. The van der Waals surface area contributed by atoms with Gasteiger partial charge in [0.05, 0.1) is 0 Å². The normalized spacial score (nSPS) is 25.4. The first-order chi connectivity index (χ1) is 8.47. The van der Waals surface area contributed by atoms with Gasteiger partial charge in [-0.3, -0.25) is 0 Å². The highest BCUT2D eigenvalue weighted by atomic mass is 14.1. The molecule has 0 heteroatoms. The van der Waals surface area contributed by atoms with Crippen molar-refractivity contribution in [2.75, 3.05) is 0 Å². The molecule has 2 rings (SSSR count). The number of rotatable bonds is 1. The summed E-state index contributed by atoms with van der Waals surface area (Å²) in [5.41, 5.74) is 2.94. The molecule has 0 heterocycles. The molecule has 17 heavy (non-hydrogen) atoms. The second-order valence-electron chi connectivity index (χ2n) is 4.79. The maximum atomic E-state index is 2.46.